The molecule has 0 bridgehead atoms. The highest BCUT2D eigenvalue weighted by atomic mass is 32.1. The number of hydrogen-bond acceptors (Lipinski definition) is 3. The van der Waals surface area contributed by atoms with Gasteiger partial charge in [-0.3, -0.25) is 4.79 Å². The Bertz CT molecular complexity index is 747. The monoisotopic (exact) mass is 282 g/mol. The smallest absolute Gasteiger partial charge is 0.228 e. The molecule has 3 nitrogen and oxygen atoms in total. The molecule has 3 aromatic rings. The largest absolute Gasteiger partial charge is 0.399 e. The second-order valence-corrected chi connectivity index (χ2v) is 5.59. The maximum Gasteiger partial charge on any atom is 0.228 e. The lowest BCUT2D eigenvalue weighted by atomic mass is 10.1. The number of carbonyl (C=O) groups is 1. The van der Waals surface area contributed by atoms with E-state index < -0.39 is 0 Å². The summed E-state index contributed by atoms with van der Waals surface area (Å²) in [6.07, 6.45) is 0.349. The van der Waals surface area contributed by atoms with Crippen molar-refractivity contribution in [3.8, 4) is 0 Å². The molecular formula is C16H14N2OS. The topological polar surface area (TPSA) is 55.1 Å². The Balaban J connectivity index is 1.70. The van der Waals surface area contributed by atoms with Crippen molar-refractivity contribution < 1.29 is 4.79 Å². The molecule has 0 saturated carbocycles. The summed E-state index contributed by atoms with van der Waals surface area (Å²) in [6, 6.07) is 15.4. The minimum atomic E-state index is -0.0237. The molecule has 3 N–H and O–H groups in total. The molecule has 0 radical (unpaired) electrons. The van der Waals surface area contributed by atoms with Gasteiger partial charge in [-0.15, -0.1) is 11.3 Å². The number of carbonyl (C=O) groups excluding carboxylic acids is 1. The van der Waals surface area contributed by atoms with Crippen LogP contribution in [0.4, 0.5) is 11.4 Å². The van der Waals surface area contributed by atoms with Crippen LogP contribution in [0.5, 0.6) is 0 Å². The number of nitrogens with two attached hydrogens (primary N) is 1. The number of thiophene rings is 1. The van der Waals surface area contributed by atoms with Crippen molar-refractivity contribution in [2.45, 2.75) is 6.42 Å². The number of nitrogens with one attached hydrogen (secondary N) is 1. The molecule has 20 heavy (non-hydrogen) atoms. The number of nitrogen functional groups attached to an aromatic ring is 1. The van der Waals surface area contributed by atoms with Gasteiger partial charge in [-0.05, 0) is 52.7 Å². The van der Waals surface area contributed by atoms with Crippen LogP contribution >= 0.6 is 11.3 Å². The molecule has 1 heterocycles. The van der Waals surface area contributed by atoms with Gasteiger partial charge in [0.2, 0.25) is 5.91 Å². The molecule has 0 saturated heterocycles. The van der Waals surface area contributed by atoms with Crippen LogP contribution in [-0.4, -0.2) is 5.91 Å². The summed E-state index contributed by atoms with van der Waals surface area (Å²) in [6.45, 7) is 0. The lowest BCUT2D eigenvalue weighted by Gasteiger charge is -2.06. The van der Waals surface area contributed by atoms with Crippen molar-refractivity contribution >= 4 is 38.7 Å². The Morgan fingerprint density at radius 2 is 1.90 bits per heavy atom. The zero-order chi connectivity index (χ0) is 13.9. The van der Waals surface area contributed by atoms with Crippen molar-refractivity contribution in [1.29, 1.82) is 0 Å². The predicted molar refractivity (Wildman–Crippen MR) is 85.0 cm³/mol. The summed E-state index contributed by atoms with van der Waals surface area (Å²) in [5.41, 5.74) is 8.11. The Morgan fingerprint density at radius 1 is 1.10 bits per heavy atom. The maximum atomic E-state index is 12.0. The number of amides is 1. The Kier molecular flexibility index (Phi) is 3.39. The van der Waals surface area contributed by atoms with E-state index in [9.17, 15) is 4.79 Å². The predicted octanol–water partition coefficient (Wildman–Crippen LogP) is 3.66. The van der Waals surface area contributed by atoms with E-state index in [4.69, 9.17) is 5.73 Å². The molecule has 0 aliphatic rings. The van der Waals surface area contributed by atoms with Crippen molar-refractivity contribution in [3.05, 3.63) is 59.5 Å². The first kappa shape index (κ1) is 12.7. The Hall–Kier alpha value is -2.33. The highest BCUT2D eigenvalue weighted by Crippen LogP contribution is 2.24. The van der Waals surface area contributed by atoms with Gasteiger partial charge in [0, 0.05) is 16.1 Å². The Labute approximate surface area is 121 Å². The first-order chi connectivity index (χ1) is 9.70. The van der Waals surface area contributed by atoms with Gasteiger partial charge in [-0.25, -0.2) is 0 Å². The molecule has 0 aliphatic carbocycles. The quantitative estimate of drug-likeness (QED) is 0.720. The molecule has 0 fully saturated rings. The maximum absolute atomic E-state index is 12.0. The third-order valence-electron chi connectivity index (χ3n) is 3.08. The molecule has 1 aromatic heterocycles. The molecule has 0 spiro atoms. The van der Waals surface area contributed by atoms with Crippen molar-refractivity contribution in [1.82, 2.24) is 0 Å². The SMILES string of the molecule is Nc1ccc(CC(=O)Nc2ccc3sccc3c2)cc1. The summed E-state index contributed by atoms with van der Waals surface area (Å²) in [4.78, 5) is 12.0. The van der Waals surface area contributed by atoms with E-state index in [0.29, 0.717) is 12.1 Å². The van der Waals surface area contributed by atoms with Crippen LogP contribution in [0.1, 0.15) is 5.56 Å². The summed E-state index contributed by atoms with van der Waals surface area (Å²) in [5, 5.41) is 6.12. The molecule has 2 aromatic carbocycles. The van der Waals surface area contributed by atoms with Gasteiger partial charge < -0.3 is 11.1 Å². The molecular weight excluding hydrogens is 268 g/mol. The van der Waals surface area contributed by atoms with Crippen LogP contribution in [0.25, 0.3) is 10.1 Å². The highest BCUT2D eigenvalue weighted by Gasteiger charge is 2.05. The van der Waals surface area contributed by atoms with Crippen molar-refractivity contribution in [3.63, 3.8) is 0 Å². The van der Waals surface area contributed by atoms with Crippen LogP contribution in [0.15, 0.2) is 53.9 Å². The summed E-state index contributed by atoms with van der Waals surface area (Å²) in [7, 11) is 0. The van der Waals surface area contributed by atoms with Crippen LogP contribution in [0.2, 0.25) is 0 Å². The van der Waals surface area contributed by atoms with Gasteiger partial charge in [0.15, 0.2) is 0 Å². The van der Waals surface area contributed by atoms with Gasteiger partial charge in [-0.1, -0.05) is 12.1 Å². The highest BCUT2D eigenvalue weighted by molar-refractivity contribution is 7.17. The van der Waals surface area contributed by atoms with E-state index >= 15 is 0 Å². The van der Waals surface area contributed by atoms with E-state index in [-0.39, 0.29) is 5.91 Å². The lowest BCUT2D eigenvalue weighted by Crippen LogP contribution is -2.14. The second-order valence-electron chi connectivity index (χ2n) is 4.64. The van der Waals surface area contributed by atoms with Crippen molar-refractivity contribution in [2.24, 2.45) is 0 Å². The van der Waals surface area contributed by atoms with Gasteiger partial charge in [0.25, 0.3) is 0 Å². The molecule has 0 atom stereocenters. The molecule has 3 rings (SSSR count). The number of anilines is 2. The van der Waals surface area contributed by atoms with E-state index in [2.05, 4.69) is 11.4 Å². The van der Waals surface area contributed by atoms with Crippen LogP contribution in [0.3, 0.4) is 0 Å². The fourth-order valence-corrected chi connectivity index (χ4v) is 2.84. The fraction of sp³-hybridized carbons (Fsp3) is 0.0625. The number of benzene rings is 2. The average Bonchev–Trinajstić information content (AvgIpc) is 2.89. The van der Waals surface area contributed by atoms with Gasteiger partial charge >= 0.3 is 0 Å². The number of hydrogen-bond donors (Lipinski definition) is 2. The van der Waals surface area contributed by atoms with E-state index in [1.807, 2.05) is 35.7 Å². The zero-order valence-corrected chi connectivity index (χ0v) is 11.6. The zero-order valence-electron chi connectivity index (χ0n) is 10.8. The molecule has 4 heteroatoms. The minimum Gasteiger partial charge on any atom is -0.399 e. The molecule has 0 unspecified atom stereocenters. The first-order valence-corrected chi connectivity index (χ1v) is 7.20. The van der Waals surface area contributed by atoms with Crippen LogP contribution in [-0.2, 0) is 11.2 Å². The summed E-state index contributed by atoms with van der Waals surface area (Å²) in [5.74, 6) is -0.0237. The van der Waals surface area contributed by atoms with E-state index in [1.54, 1.807) is 23.5 Å². The fourth-order valence-electron chi connectivity index (χ4n) is 2.07. The third-order valence-corrected chi connectivity index (χ3v) is 3.98. The van der Waals surface area contributed by atoms with Crippen LogP contribution in [0, 0.1) is 0 Å². The van der Waals surface area contributed by atoms with E-state index in [1.165, 1.54) is 4.70 Å². The lowest BCUT2D eigenvalue weighted by molar-refractivity contribution is -0.115. The van der Waals surface area contributed by atoms with Gasteiger partial charge in [-0.2, -0.15) is 0 Å². The van der Waals surface area contributed by atoms with Crippen molar-refractivity contribution in [2.75, 3.05) is 11.1 Å². The van der Waals surface area contributed by atoms with Gasteiger partial charge in [0.1, 0.15) is 0 Å². The average molecular weight is 282 g/mol. The summed E-state index contributed by atoms with van der Waals surface area (Å²) < 4.78 is 1.22. The second kappa shape index (κ2) is 5.35. The normalized spacial score (nSPS) is 10.6. The summed E-state index contributed by atoms with van der Waals surface area (Å²) >= 11 is 1.69. The standard InChI is InChI=1S/C16H14N2OS/c17-13-3-1-11(2-4-13)9-16(19)18-14-5-6-15-12(10-14)7-8-20-15/h1-8,10H,9,17H2,(H,18,19). The van der Waals surface area contributed by atoms with E-state index in [0.717, 1.165) is 16.6 Å². The van der Waals surface area contributed by atoms with Gasteiger partial charge in [0.05, 0.1) is 6.42 Å². The van der Waals surface area contributed by atoms with Crippen LogP contribution < -0.4 is 11.1 Å². The number of rotatable bonds is 3. The molecule has 1 amide bonds. The minimum absolute atomic E-state index is 0.0237. The Morgan fingerprint density at radius 3 is 2.70 bits per heavy atom. The molecule has 100 valence electrons. The molecule has 0 aliphatic heterocycles. The first-order valence-electron chi connectivity index (χ1n) is 6.32. The number of fused-ring (bicyclic) bond motifs is 1. The third kappa shape index (κ3) is 2.81.